The van der Waals surface area contributed by atoms with E-state index in [2.05, 4.69) is 18.8 Å². The molecule has 0 aliphatic heterocycles. The van der Waals surface area contributed by atoms with E-state index in [0.717, 1.165) is 38.2 Å². The molecule has 1 rings (SSSR count). The molecule has 2 nitrogen and oxygen atoms in total. The maximum atomic E-state index is 5.73. The maximum Gasteiger partial charge on any atom is 0.119 e. The fourth-order valence-corrected chi connectivity index (χ4v) is 1.85. The smallest absolute Gasteiger partial charge is 0.119 e. The van der Waals surface area contributed by atoms with Crippen LogP contribution in [0.3, 0.4) is 0 Å². The minimum atomic E-state index is 0.534. The van der Waals surface area contributed by atoms with Gasteiger partial charge in [0.25, 0.3) is 0 Å². The molecule has 0 saturated carbocycles. The molecule has 0 bridgehead atoms. The molecule has 0 aliphatic carbocycles. The zero-order valence-electron chi connectivity index (χ0n) is 11.4. The van der Waals surface area contributed by atoms with Gasteiger partial charge in [0.15, 0.2) is 0 Å². The van der Waals surface area contributed by atoms with E-state index in [1.807, 2.05) is 36.4 Å². The van der Waals surface area contributed by atoms with Gasteiger partial charge in [0.1, 0.15) is 5.75 Å². The molecule has 1 N–H and O–H groups in total. The molecule has 0 fully saturated rings. The second-order valence-corrected chi connectivity index (χ2v) is 4.47. The van der Waals surface area contributed by atoms with Crippen molar-refractivity contribution in [2.75, 3.05) is 13.2 Å². The Hall–Kier alpha value is -1.28. The first-order valence-electron chi connectivity index (χ1n) is 6.89. The van der Waals surface area contributed by atoms with E-state index in [1.165, 1.54) is 6.42 Å². The summed E-state index contributed by atoms with van der Waals surface area (Å²) in [6.45, 7) is 7.82. The van der Waals surface area contributed by atoms with Gasteiger partial charge in [-0.15, -0.1) is 6.58 Å². The monoisotopic (exact) mass is 247 g/mol. The van der Waals surface area contributed by atoms with Gasteiger partial charge in [0.05, 0.1) is 6.61 Å². The Labute approximate surface area is 111 Å². The summed E-state index contributed by atoms with van der Waals surface area (Å²) in [5.41, 5.74) is 0. The lowest BCUT2D eigenvalue weighted by atomic mass is 10.1. The molecule has 0 aromatic heterocycles. The van der Waals surface area contributed by atoms with Crippen molar-refractivity contribution in [1.82, 2.24) is 5.32 Å². The number of allylic oxidation sites excluding steroid dienone is 1. The summed E-state index contributed by atoms with van der Waals surface area (Å²) in [5.74, 6) is 0.954. The Morgan fingerprint density at radius 2 is 2.06 bits per heavy atom. The topological polar surface area (TPSA) is 21.3 Å². The van der Waals surface area contributed by atoms with E-state index in [9.17, 15) is 0 Å². The molecule has 0 amide bonds. The van der Waals surface area contributed by atoms with E-state index in [1.54, 1.807) is 0 Å². The Kier molecular flexibility index (Phi) is 7.98. The molecule has 1 aromatic carbocycles. The molecule has 100 valence electrons. The fraction of sp³-hybridized carbons (Fsp3) is 0.500. The molecular weight excluding hydrogens is 222 g/mol. The zero-order valence-corrected chi connectivity index (χ0v) is 11.4. The number of ether oxygens (including phenoxy) is 1. The number of para-hydroxylation sites is 1. The van der Waals surface area contributed by atoms with Crippen molar-refractivity contribution in [3.63, 3.8) is 0 Å². The average Bonchev–Trinajstić information content (AvgIpc) is 2.42. The Bertz CT molecular complexity index is 310. The number of hydrogen-bond acceptors (Lipinski definition) is 2. The standard InChI is InChI=1S/C16H25NO/c1-3-5-9-15(17-13-4-2)12-14-18-16-10-7-6-8-11-16/h3,6-8,10-11,15,17H,1,4-5,9,12-14H2,2H3. The molecule has 0 spiro atoms. The Morgan fingerprint density at radius 3 is 2.72 bits per heavy atom. The van der Waals surface area contributed by atoms with Gasteiger partial charge in [-0.3, -0.25) is 0 Å². The second kappa shape index (κ2) is 9.72. The predicted molar refractivity (Wildman–Crippen MR) is 78.1 cm³/mol. The van der Waals surface area contributed by atoms with Gasteiger partial charge in [0.2, 0.25) is 0 Å². The number of benzene rings is 1. The summed E-state index contributed by atoms with van der Waals surface area (Å²) < 4.78 is 5.73. The van der Waals surface area contributed by atoms with E-state index in [0.29, 0.717) is 6.04 Å². The highest BCUT2D eigenvalue weighted by Crippen LogP contribution is 2.10. The average molecular weight is 247 g/mol. The lowest BCUT2D eigenvalue weighted by Crippen LogP contribution is -2.31. The van der Waals surface area contributed by atoms with Gasteiger partial charge in [-0.2, -0.15) is 0 Å². The van der Waals surface area contributed by atoms with Gasteiger partial charge >= 0.3 is 0 Å². The zero-order chi connectivity index (χ0) is 13.1. The summed E-state index contributed by atoms with van der Waals surface area (Å²) in [5, 5.41) is 3.56. The molecule has 1 aromatic rings. The summed E-state index contributed by atoms with van der Waals surface area (Å²) in [4.78, 5) is 0. The summed E-state index contributed by atoms with van der Waals surface area (Å²) in [6.07, 6.45) is 6.40. The van der Waals surface area contributed by atoms with Crippen molar-refractivity contribution < 1.29 is 4.74 Å². The van der Waals surface area contributed by atoms with Crippen LogP contribution in [-0.4, -0.2) is 19.2 Å². The van der Waals surface area contributed by atoms with Crippen LogP contribution in [0.4, 0.5) is 0 Å². The van der Waals surface area contributed by atoms with Crippen molar-refractivity contribution >= 4 is 0 Å². The van der Waals surface area contributed by atoms with Crippen LogP contribution in [0.1, 0.15) is 32.6 Å². The first-order chi connectivity index (χ1) is 8.86. The molecule has 0 heterocycles. The third-order valence-corrected chi connectivity index (χ3v) is 2.88. The van der Waals surface area contributed by atoms with Gasteiger partial charge in [-0.1, -0.05) is 31.2 Å². The Balaban J connectivity index is 2.25. The highest BCUT2D eigenvalue weighted by Gasteiger charge is 2.06. The van der Waals surface area contributed by atoms with Gasteiger partial charge in [0, 0.05) is 6.04 Å². The summed E-state index contributed by atoms with van der Waals surface area (Å²) in [7, 11) is 0. The van der Waals surface area contributed by atoms with Crippen molar-refractivity contribution in [1.29, 1.82) is 0 Å². The van der Waals surface area contributed by atoms with Gasteiger partial charge < -0.3 is 10.1 Å². The van der Waals surface area contributed by atoms with Crippen LogP contribution >= 0.6 is 0 Å². The van der Waals surface area contributed by atoms with E-state index in [4.69, 9.17) is 4.74 Å². The lowest BCUT2D eigenvalue weighted by molar-refractivity contribution is 0.281. The number of nitrogens with one attached hydrogen (secondary N) is 1. The third kappa shape index (κ3) is 6.45. The predicted octanol–water partition coefficient (Wildman–Crippen LogP) is 3.79. The Morgan fingerprint density at radius 1 is 1.28 bits per heavy atom. The van der Waals surface area contributed by atoms with Crippen molar-refractivity contribution in [3.05, 3.63) is 43.0 Å². The molecule has 0 radical (unpaired) electrons. The third-order valence-electron chi connectivity index (χ3n) is 2.88. The molecule has 1 unspecified atom stereocenters. The second-order valence-electron chi connectivity index (χ2n) is 4.47. The van der Waals surface area contributed by atoms with E-state index < -0.39 is 0 Å². The van der Waals surface area contributed by atoms with Crippen LogP contribution in [0.2, 0.25) is 0 Å². The van der Waals surface area contributed by atoms with Crippen LogP contribution in [-0.2, 0) is 0 Å². The SMILES string of the molecule is C=CCCC(CCOc1ccccc1)NCCC. The lowest BCUT2D eigenvalue weighted by Gasteiger charge is -2.18. The van der Waals surface area contributed by atoms with Gasteiger partial charge in [-0.05, 0) is 44.4 Å². The van der Waals surface area contributed by atoms with Crippen LogP contribution in [0, 0.1) is 0 Å². The van der Waals surface area contributed by atoms with Crippen LogP contribution in [0.15, 0.2) is 43.0 Å². The van der Waals surface area contributed by atoms with Crippen molar-refractivity contribution in [3.8, 4) is 5.75 Å². The van der Waals surface area contributed by atoms with Gasteiger partial charge in [-0.25, -0.2) is 0 Å². The first kappa shape index (κ1) is 14.8. The van der Waals surface area contributed by atoms with Crippen LogP contribution < -0.4 is 10.1 Å². The summed E-state index contributed by atoms with van der Waals surface area (Å²) >= 11 is 0. The van der Waals surface area contributed by atoms with E-state index in [-0.39, 0.29) is 0 Å². The largest absolute Gasteiger partial charge is 0.494 e. The van der Waals surface area contributed by atoms with Crippen molar-refractivity contribution in [2.45, 2.75) is 38.6 Å². The molecule has 1 atom stereocenters. The number of rotatable bonds is 10. The highest BCUT2D eigenvalue weighted by molar-refractivity contribution is 5.20. The number of hydrogen-bond donors (Lipinski definition) is 1. The quantitative estimate of drug-likeness (QED) is 0.635. The molecule has 2 heteroatoms. The normalized spacial score (nSPS) is 12.1. The maximum absolute atomic E-state index is 5.73. The first-order valence-corrected chi connectivity index (χ1v) is 6.89. The minimum absolute atomic E-state index is 0.534. The van der Waals surface area contributed by atoms with Crippen LogP contribution in [0.25, 0.3) is 0 Å². The molecule has 18 heavy (non-hydrogen) atoms. The summed E-state index contributed by atoms with van der Waals surface area (Å²) in [6, 6.07) is 10.5. The van der Waals surface area contributed by atoms with Crippen molar-refractivity contribution in [2.24, 2.45) is 0 Å². The van der Waals surface area contributed by atoms with Crippen LogP contribution in [0.5, 0.6) is 5.75 Å². The molecular formula is C16H25NO. The molecule has 0 saturated heterocycles. The fourth-order valence-electron chi connectivity index (χ4n) is 1.85. The molecule has 0 aliphatic rings. The minimum Gasteiger partial charge on any atom is -0.494 e. The van der Waals surface area contributed by atoms with E-state index >= 15 is 0 Å². The highest BCUT2D eigenvalue weighted by atomic mass is 16.5.